The van der Waals surface area contributed by atoms with Gasteiger partial charge in [0.05, 0.1) is 5.52 Å². The molecule has 0 amide bonds. The van der Waals surface area contributed by atoms with Crippen LogP contribution in [0.3, 0.4) is 0 Å². The summed E-state index contributed by atoms with van der Waals surface area (Å²) in [5.74, 6) is 0. The molecule has 3 aromatic carbocycles. The number of halogens is 1. The van der Waals surface area contributed by atoms with E-state index in [-0.39, 0.29) is 0 Å². The zero-order valence-corrected chi connectivity index (χ0v) is 20.4. The van der Waals surface area contributed by atoms with Gasteiger partial charge in [0.1, 0.15) is 0 Å². The SMILES string of the molecule is CN(CCCNc1ccnc2cc(Cl)ccc12)CCN1c2ccccc2CCc2ccccc21. The number of benzene rings is 3. The van der Waals surface area contributed by atoms with E-state index in [9.17, 15) is 0 Å². The van der Waals surface area contributed by atoms with Gasteiger partial charge in [-0.05, 0) is 80.4 Å². The number of pyridine rings is 1. The molecule has 1 aliphatic heterocycles. The number of hydrogen-bond acceptors (Lipinski definition) is 4. The average molecular weight is 471 g/mol. The first-order valence-corrected chi connectivity index (χ1v) is 12.5. The smallest absolute Gasteiger partial charge is 0.0737 e. The summed E-state index contributed by atoms with van der Waals surface area (Å²) in [6.45, 7) is 3.95. The molecule has 0 saturated heterocycles. The van der Waals surface area contributed by atoms with Gasteiger partial charge in [0.15, 0.2) is 0 Å². The highest BCUT2D eigenvalue weighted by atomic mass is 35.5. The summed E-state index contributed by atoms with van der Waals surface area (Å²) in [5.41, 5.74) is 7.63. The lowest BCUT2D eigenvalue weighted by atomic mass is 10.0. The number of aromatic nitrogens is 1. The van der Waals surface area contributed by atoms with Gasteiger partial charge in [-0.1, -0.05) is 48.0 Å². The number of para-hydroxylation sites is 2. The Labute approximate surface area is 207 Å². The van der Waals surface area contributed by atoms with Gasteiger partial charge >= 0.3 is 0 Å². The summed E-state index contributed by atoms with van der Waals surface area (Å²) in [4.78, 5) is 9.38. The van der Waals surface area contributed by atoms with Gasteiger partial charge in [0.25, 0.3) is 0 Å². The third-order valence-corrected chi connectivity index (χ3v) is 6.91. The van der Waals surface area contributed by atoms with Crippen LogP contribution in [0.15, 0.2) is 79.0 Å². The summed E-state index contributed by atoms with van der Waals surface area (Å²) in [6, 6.07) is 25.6. The van der Waals surface area contributed by atoms with Crippen molar-refractivity contribution in [2.45, 2.75) is 19.3 Å². The van der Waals surface area contributed by atoms with Crippen LogP contribution < -0.4 is 10.2 Å². The first kappa shape index (κ1) is 22.7. The molecule has 5 heteroatoms. The monoisotopic (exact) mass is 470 g/mol. The van der Waals surface area contributed by atoms with Crippen molar-refractivity contribution in [3.63, 3.8) is 0 Å². The van der Waals surface area contributed by atoms with Gasteiger partial charge in [0, 0.05) is 53.3 Å². The third-order valence-electron chi connectivity index (χ3n) is 6.67. The highest BCUT2D eigenvalue weighted by molar-refractivity contribution is 6.31. The molecule has 1 N–H and O–H groups in total. The fourth-order valence-corrected chi connectivity index (χ4v) is 5.01. The predicted molar refractivity (Wildman–Crippen MR) is 145 cm³/mol. The number of likely N-dealkylation sites (N-methyl/N-ethyl adjacent to an activating group) is 1. The van der Waals surface area contributed by atoms with Crippen LogP contribution in [0.5, 0.6) is 0 Å². The Hall–Kier alpha value is -3.08. The Morgan fingerprint density at radius 1 is 0.912 bits per heavy atom. The predicted octanol–water partition coefficient (Wildman–Crippen LogP) is 6.56. The normalized spacial score (nSPS) is 13.0. The highest BCUT2D eigenvalue weighted by Crippen LogP contribution is 2.35. The van der Waals surface area contributed by atoms with Crippen molar-refractivity contribution in [2.24, 2.45) is 0 Å². The van der Waals surface area contributed by atoms with Crippen molar-refractivity contribution in [1.82, 2.24) is 9.88 Å². The Morgan fingerprint density at radius 2 is 1.62 bits per heavy atom. The minimum atomic E-state index is 0.716. The van der Waals surface area contributed by atoms with Crippen LogP contribution >= 0.6 is 11.6 Å². The lowest BCUT2D eigenvalue weighted by molar-refractivity contribution is 0.341. The fraction of sp³-hybridized carbons (Fsp3) is 0.276. The molecule has 1 aliphatic rings. The number of fused-ring (bicyclic) bond motifs is 3. The molecule has 4 nitrogen and oxygen atoms in total. The quantitative estimate of drug-likeness (QED) is 0.295. The lowest BCUT2D eigenvalue weighted by Gasteiger charge is -2.29. The van der Waals surface area contributed by atoms with Gasteiger partial charge in [-0.3, -0.25) is 4.98 Å². The van der Waals surface area contributed by atoms with Crippen LogP contribution in [0.2, 0.25) is 5.02 Å². The molecule has 0 spiro atoms. The molecule has 4 aromatic rings. The van der Waals surface area contributed by atoms with Crippen molar-refractivity contribution in [2.75, 3.05) is 43.4 Å². The molecule has 2 heterocycles. The Bertz CT molecular complexity index is 1220. The number of rotatable bonds is 8. The standard InChI is InChI=1S/C29H31ClN4/c1-33(18-6-16-31-26-15-17-32-27-21-24(30)13-14-25(26)27)19-20-34-28-9-4-2-7-22(28)11-12-23-8-3-5-10-29(23)34/h2-5,7-10,13-15,17,21H,6,11-12,16,18-20H2,1H3,(H,31,32). The van der Waals surface area contributed by atoms with Crippen molar-refractivity contribution in [3.05, 3.63) is 95.1 Å². The van der Waals surface area contributed by atoms with E-state index >= 15 is 0 Å². The molecule has 5 rings (SSSR count). The van der Waals surface area contributed by atoms with Crippen molar-refractivity contribution in [1.29, 1.82) is 0 Å². The lowest BCUT2D eigenvalue weighted by Crippen LogP contribution is -2.32. The zero-order chi connectivity index (χ0) is 23.3. The number of aryl methyl sites for hydroxylation is 2. The molecule has 34 heavy (non-hydrogen) atoms. The van der Waals surface area contributed by atoms with E-state index in [1.807, 2.05) is 30.5 Å². The molecule has 0 unspecified atom stereocenters. The number of anilines is 3. The van der Waals surface area contributed by atoms with Gasteiger partial charge in [-0.15, -0.1) is 0 Å². The second-order valence-electron chi connectivity index (χ2n) is 9.01. The van der Waals surface area contributed by atoms with E-state index in [0.717, 1.165) is 62.0 Å². The molecule has 1 aromatic heterocycles. The number of hydrogen-bond donors (Lipinski definition) is 1. The zero-order valence-electron chi connectivity index (χ0n) is 19.7. The van der Waals surface area contributed by atoms with Gasteiger partial charge in [-0.2, -0.15) is 0 Å². The first-order valence-electron chi connectivity index (χ1n) is 12.1. The third kappa shape index (κ3) is 5.03. The largest absolute Gasteiger partial charge is 0.384 e. The second-order valence-corrected chi connectivity index (χ2v) is 9.45. The highest BCUT2D eigenvalue weighted by Gasteiger charge is 2.20. The summed E-state index contributed by atoms with van der Waals surface area (Å²) >= 11 is 6.11. The topological polar surface area (TPSA) is 31.4 Å². The van der Waals surface area contributed by atoms with Gasteiger partial charge in [0.2, 0.25) is 0 Å². The molecular weight excluding hydrogens is 440 g/mol. The van der Waals surface area contributed by atoms with E-state index in [0.29, 0.717) is 5.02 Å². The van der Waals surface area contributed by atoms with Gasteiger partial charge in [-0.25, -0.2) is 0 Å². The van der Waals surface area contributed by atoms with Crippen LogP contribution in [-0.4, -0.2) is 43.1 Å². The minimum absolute atomic E-state index is 0.716. The van der Waals surface area contributed by atoms with E-state index in [1.165, 1.54) is 22.5 Å². The Kier molecular flexibility index (Phi) is 6.98. The number of nitrogens with zero attached hydrogens (tertiary/aromatic N) is 3. The Morgan fingerprint density at radius 3 is 2.35 bits per heavy atom. The summed E-state index contributed by atoms with van der Waals surface area (Å²) in [5, 5.41) is 5.41. The van der Waals surface area contributed by atoms with Crippen molar-refractivity contribution < 1.29 is 0 Å². The minimum Gasteiger partial charge on any atom is -0.384 e. The molecular formula is C29H31ClN4. The second kappa shape index (κ2) is 10.5. The average Bonchev–Trinajstić information content (AvgIpc) is 3.02. The van der Waals surface area contributed by atoms with Crippen LogP contribution in [-0.2, 0) is 12.8 Å². The fourth-order valence-electron chi connectivity index (χ4n) is 4.84. The summed E-state index contributed by atoms with van der Waals surface area (Å²) in [6.07, 6.45) is 5.10. The van der Waals surface area contributed by atoms with Crippen LogP contribution in [0.1, 0.15) is 17.5 Å². The van der Waals surface area contributed by atoms with Crippen molar-refractivity contribution >= 4 is 39.6 Å². The molecule has 0 aliphatic carbocycles. The number of nitrogens with one attached hydrogen (secondary N) is 1. The van der Waals surface area contributed by atoms with E-state index in [2.05, 4.69) is 75.7 Å². The van der Waals surface area contributed by atoms with Crippen LogP contribution in [0.4, 0.5) is 17.1 Å². The molecule has 174 valence electrons. The first-order chi connectivity index (χ1) is 16.7. The Balaban J connectivity index is 1.18. The maximum Gasteiger partial charge on any atom is 0.0737 e. The van der Waals surface area contributed by atoms with Gasteiger partial charge < -0.3 is 15.1 Å². The maximum absolute atomic E-state index is 6.11. The maximum atomic E-state index is 6.11. The summed E-state index contributed by atoms with van der Waals surface area (Å²) < 4.78 is 0. The van der Waals surface area contributed by atoms with Crippen LogP contribution in [0, 0.1) is 0 Å². The summed E-state index contributed by atoms with van der Waals surface area (Å²) in [7, 11) is 2.22. The molecule has 0 atom stereocenters. The molecule has 0 bridgehead atoms. The van der Waals surface area contributed by atoms with Crippen molar-refractivity contribution in [3.8, 4) is 0 Å². The molecule has 0 saturated carbocycles. The van der Waals surface area contributed by atoms with E-state index in [1.54, 1.807) is 0 Å². The molecule has 0 radical (unpaired) electrons. The van der Waals surface area contributed by atoms with Crippen LogP contribution in [0.25, 0.3) is 10.9 Å². The molecule has 0 fully saturated rings. The van der Waals surface area contributed by atoms with E-state index in [4.69, 9.17) is 11.6 Å². The van der Waals surface area contributed by atoms with E-state index < -0.39 is 0 Å².